The summed E-state index contributed by atoms with van der Waals surface area (Å²) in [7, 11) is 1.79. The first-order chi connectivity index (χ1) is 12.5. The Morgan fingerprint density at radius 2 is 1.96 bits per heavy atom. The second-order valence-electron chi connectivity index (χ2n) is 5.82. The Morgan fingerprint density at radius 1 is 1.19 bits per heavy atom. The van der Waals surface area contributed by atoms with Gasteiger partial charge in [0.05, 0.1) is 5.25 Å². The fourth-order valence-corrected chi connectivity index (χ4v) is 3.43. The van der Waals surface area contributed by atoms with Crippen molar-refractivity contribution in [3.05, 3.63) is 65.2 Å². The molecule has 0 spiro atoms. The van der Waals surface area contributed by atoms with Crippen LogP contribution in [-0.4, -0.2) is 33.3 Å². The lowest BCUT2D eigenvalue weighted by atomic mass is 10.2. The predicted octanol–water partition coefficient (Wildman–Crippen LogP) is 4.53. The SMILES string of the molecule is CC(Sc1nnc(-c2cccc(Cl)c2)o1)C(=O)N(C)Cc1ccccc1. The second-order valence-corrected chi connectivity index (χ2v) is 7.55. The van der Waals surface area contributed by atoms with Gasteiger partial charge in [0.1, 0.15) is 0 Å². The van der Waals surface area contributed by atoms with Crippen molar-refractivity contribution in [2.45, 2.75) is 23.9 Å². The monoisotopic (exact) mass is 387 g/mol. The summed E-state index contributed by atoms with van der Waals surface area (Å²) < 4.78 is 5.65. The van der Waals surface area contributed by atoms with E-state index in [1.165, 1.54) is 11.8 Å². The lowest BCUT2D eigenvalue weighted by Gasteiger charge is -2.20. The molecule has 0 aliphatic carbocycles. The van der Waals surface area contributed by atoms with E-state index in [2.05, 4.69) is 10.2 Å². The summed E-state index contributed by atoms with van der Waals surface area (Å²) >= 11 is 7.23. The van der Waals surface area contributed by atoms with Gasteiger partial charge in [-0.15, -0.1) is 10.2 Å². The van der Waals surface area contributed by atoms with Crippen LogP contribution >= 0.6 is 23.4 Å². The van der Waals surface area contributed by atoms with Crippen molar-refractivity contribution >= 4 is 29.3 Å². The number of carbonyl (C=O) groups is 1. The van der Waals surface area contributed by atoms with Crippen molar-refractivity contribution < 1.29 is 9.21 Å². The third-order valence-electron chi connectivity index (χ3n) is 3.74. The quantitative estimate of drug-likeness (QED) is 0.581. The van der Waals surface area contributed by atoms with Gasteiger partial charge in [0.2, 0.25) is 11.8 Å². The van der Waals surface area contributed by atoms with Gasteiger partial charge in [-0.2, -0.15) is 0 Å². The van der Waals surface area contributed by atoms with Crippen molar-refractivity contribution in [1.29, 1.82) is 0 Å². The Hall–Kier alpha value is -2.31. The summed E-state index contributed by atoms with van der Waals surface area (Å²) in [5.74, 6) is 0.383. The van der Waals surface area contributed by atoms with E-state index in [0.29, 0.717) is 22.7 Å². The number of hydrogen-bond donors (Lipinski definition) is 0. The molecule has 3 aromatic rings. The average Bonchev–Trinajstić information content (AvgIpc) is 3.10. The molecule has 1 amide bonds. The Kier molecular flexibility index (Phi) is 5.96. The molecule has 26 heavy (non-hydrogen) atoms. The molecule has 1 aromatic heterocycles. The van der Waals surface area contributed by atoms with Crippen LogP contribution in [0.15, 0.2) is 64.2 Å². The maximum absolute atomic E-state index is 12.6. The van der Waals surface area contributed by atoms with Gasteiger partial charge < -0.3 is 9.32 Å². The Morgan fingerprint density at radius 3 is 2.69 bits per heavy atom. The van der Waals surface area contributed by atoms with Crippen LogP contribution in [0, 0.1) is 0 Å². The highest BCUT2D eigenvalue weighted by molar-refractivity contribution is 8.00. The van der Waals surface area contributed by atoms with Crippen molar-refractivity contribution in [2.75, 3.05) is 7.05 Å². The number of hydrogen-bond acceptors (Lipinski definition) is 5. The van der Waals surface area contributed by atoms with Gasteiger partial charge in [-0.1, -0.05) is 59.8 Å². The molecule has 1 atom stereocenters. The van der Waals surface area contributed by atoms with Crippen LogP contribution in [0.3, 0.4) is 0 Å². The maximum Gasteiger partial charge on any atom is 0.277 e. The van der Waals surface area contributed by atoms with Gasteiger partial charge >= 0.3 is 0 Å². The molecule has 7 heteroatoms. The first-order valence-electron chi connectivity index (χ1n) is 8.08. The van der Waals surface area contributed by atoms with Crippen LogP contribution in [0.4, 0.5) is 0 Å². The normalized spacial score (nSPS) is 12.0. The number of nitrogens with zero attached hydrogens (tertiary/aromatic N) is 3. The zero-order valence-electron chi connectivity index (χ0n) is 14.4. The topological polar surface area (TPSA) is 59.2 Å². The van der Waals surface area contributed by atoms with E-state index in [-0.39, 0.29) is 11.2 Å². The Labute approximate surface area is 161 Å². The van der Waals surface area contributed by atoms with Gasteiger partial charge in [-0.25, -0.2) is 0 Å². The third-order valence-corrected chi connectivity index (χ3v) is 4.90. The van der Waals surface area contributed by atoms with E-state index in [0.717, 1.165) is 11.1 Å². The second kappa shape index (κ2) is 8.38. The number of aromatic nitrogens is 2. The number of halogens is 1. The molecule has 2 aromatic carbocycles. The van der Waals surface area contributed by atoms with E-state index >= 15 is 0 Å². The average molecular weight is 388 g/mol. The zero-order valence-corrected chi connectivity index (χ0v) is 16.0. The third kappa shape index (κ3) is 4.65. The molecular weight excluding hydrogens is 370 g/mol. The molecule has 134 valence electrons. The van der Waals surface area contributed by atoms with E-state index in [4.69, 9.17) is 16.0 Å². The lowest BCUT2D eigenvalue weighted by molar-refractivity contribution is -0.129. The number of benzene rings is 2. The fraction of sp³-hybridized carbons (Fsp3) is 0.211. The highest BCUT2D eigenvalue weighted by Gasteiger charge is 2.22. The van der Waals surface area contributed by atoms with Crippen LogP contribution in [0.25, 0.3) is 11.5 Å². The molecule has 0 saturated carbocycles. The Balaban J connectivity index is 1.62. The maximum atomic E-state index is 12.6. The number of amides is 1. The van der Waals surface area contributed by atoms with Crippen LogP contribution in [0.5, 0.6) is 0 Å². The molecule has 0 aliphatic heterocycles. The van der Waals surface area contributed by atoms with E-state index in [9.17, 15) is 4.79 Å². The minimum Gasteiger partial charge on any atom is -0.411 e. The molecule has 0 aliphatic rings. The van der Waals surface area contributed by atoms with E-state index in [1.807, 2.05) is 49.4 Å². The highest BCUT2D eigenvalue weighted by Crippen LogP contribution is 2.28. The largest absolute Gasteiger partial charge is 0.411 e. The Bertz CT molecular complexity index is 885. The van der Waals surface area contributed by atoms with Gasteiger partial charge in [-0.3, -0.25) is 4.79 Å². The molecule has 0 radical (unpaired) electrons. The zero-order chi connectivity index (χ0) is 18.5. The summed E-state index contributed by atoms with van der Waals surface area (Å²) in [6.07, 6.45) is 0. The van der Waals surface area contributed by atoms with Crippen molar-refractivity contribution in [3.63, 3.8) is 0 Å². The standard InChI is InChI=1S/C19H18ClN3O2S/c1-13(18(24)23(2)12-14-7-4-3-5-8-14)26-19-22-21-17(25-19)15-9-6-10-16(20)11-15/h3-11,13H,12H2,1-2H3. The van der Waals surface area contributed by atoms with Gasteiger partial charge in [-0.05, 0) is 30.7 Å². The van der Waals surface area contributed by atoms with Crippen LogP contribution in [0.1, 0.15) is 12.5 Å². The van der Waals surface area contributed by atoms with Crippen molar-refractivity contribution in [1.82, 2.24) is 15.1 Å². The molecule has 1 unspecified atom stereocenters. The van der Waals surface area contributed by atoms with Gasteiger partial charge in [0.15, 0.2) is 0 Å². The van der Waals surface area contributed by atoms with Crippen LogP contribution in [-0.2, 0) is 11.3 Å². The number of rotatable bonds is 6. The molecule has 0 saturated heterocycles. The fourth-order valence-electron chi connectivity index (χ4n) is 2.44. The van der Waals surface area contributed by atoms with Crippen molar-refractivity contribution in [3.8, 4) is 11.5 Å². The minimum absolute atomic E-state index is 0.00126. The molecule has 0 bridgehead atoms. The summed E-state index contributed by atoms with van der Waals surface area (Å²) in [4.78, 5) is 14.3. The first kappa shape index (κ1) is 18.5. The predicted molar refractivity (Wildman–Crippen MR) is 103 cm³/mol. The highest BCUT2D eigenvalue weighted by atomic mass is 35.5. The molecule has 0 N–H and O–H groups in total. The summed E-state index contributed by atoms with van der Waals surface area (Å²) in [6, 6.07) is 17.1. The van der Waals surface area contributed by atoms with Crippen LogP contribution in [0.2, 0.25) is 5.02 Å². The molecular formula is C19H18ClN3O2S. The lowest BCUT2D eigenvalue weighted by Crippen LogP contribution is -2.32. The van der Waals surface area contributed by atoms with E-state index < -0.39 is 0 Å². The number of thioether (sulfide) groups is 1. The van der Waals surface area contributed by atoms with Crippen molar-refractivity contribution in [2.24, 2.45) is 0 Å². The molecule has 5 nitrogen and oxygen atoms in total. The molecule has 0 fully saturated rings. The summed E-state index contributed by atoms with van der Waals surface area (Å²) in [5.41, 5.74) is 1.83. The van der Waals surface area contributed by atoms with Gasteiger partial charge in [0.25, 0.3) is 5.22 Å². The van der Waals surface area contributed by atoms with E-state index in [1.54, 1.807) is 24.1 Å². The van der Waals surface area contributed by atoms with Crippen LogP contribution < -0.4 is 0 Å². The number of carbonyl (C=O) groups excluding carboxylic acids is 1. The van der Waals surface area contributed by atoms with Gasteiger partial charge in [0, 0.05) is 24.2 Å². The summed E-state index contributed by atoms with van der Waals surface area (Å²) in [5, 5.41) is 8.67. The smallest absolute Gasteiger partial charge is 0.277 e. The molecule has 3 rings (SSSR count). The minimum atomic E-state index is -0.337. The summed E-state index contributed by atoms with van der Waals surface area (Å²) in [6.45, 7) is 2.39. The molecule has 1 heterocycles. The first-order valence-corrected chi connectivity index (χ1v) is 9.33.